The van der Waals surface area contributed by atoms with Gasteiger partial charge in [0, 0.05) is 36.5 Å². The van der Waals surface area contributed by atoms with E-state index in [1.165, 1.54) is 0 Å². The number of benzene rings is 1. The van der Waals surface area contributed by atoms with Crippen LogP contribution in [0.1, 0.15) is 46.9 Å². The fourth-order valence-electron chi connectivity index (χ4n) is 2.97. The van der Waals surface area contributed by atoms with Gasteiger partial charge in [-0.05, 0) is 6.07 Å². The molecule has 1 amide bonds. The molecule has 8 heteroatoms. The van der Waals surface area contributed by atoms with E-state index in [1.54, 1.807) is 18.4 Å². The van der Waals surface area contributed by atoms with Crippen LogP contribution in [0.5, 0.6) is 5.75 Å². The molecule has 2 aromatic rings. The molecule has 1 saturated heterocycles. The number of hydrogen-bond acceptors (Lipinski definition) is 5. The number of halogens is 2. The predicted molar refractivity (Wildman–Crippen MR) is 110 cm³/mol. The number of carbonyl (C=O) groups excluding carboxylic acids is 1. The van der Waals surface area contributed by atoms with Crippen molar-refractivity contribution in [2.75, 3.05) is 26.7 Å². The maximum atomic E-state index is 13.0. The van der Waals surface area contributed by atoms with Gasteiger partial charge in [0.25, 0.3) is 5.91 Å². The number of ether oxygens (including phenoxy) is 1. The molecule has 3 rings (SSSR count). The van der Waals surface area contributed by atoms with E-state index >= 15 is 0 Å². The second kappa shape index (κ2) is 10.1. The monoisotopic (exact) mass is 417 g/mol. The standard InChI is InChI=1S/C18H23N3O2S.2ClH/c1-12(2)17-20-14(11-24-17)18(22)21-9-8-19-10-15(21)13-6-4-5-7-16(13)23-3;;/h4-7,11-12,15,19H,8-10H2,1-3H3;2*1H. The second-order valence-corrected chi connectivity index (χ2v) is 7.08. The number of nitrogens with one attached hydrogen (secondary N) is 1. The fourth-order valence-corrected chi connectivity index (χ4v) is 3.77. The first-order valence-electron chi connectivity index (χ1n) is 8.22. The van der Waals surface area contributed by atoms with Crippen molar-refractivity contribution < 1.29 is 9.53 Å². The highest BCUT2D eigenvalue weighted by Crippen LogP contribution is 2.31. The predicted octanol–water partition coefficient (Wildman–Crippen LogP) is 3.91. The van der Waals surface area contributed by atoms with E-state index < -0.39 is 0 Å². The lowest BCUT2D eigenvalue weighted by molar-refractivity contribution is 0.0626. The molecule has 0 bridgehead atoms. The largest absolute Gasteiger partial charge is 0.496 e. The number of thiazole rings is 1. The summed E-state index contributed by atoms with van der Waals surface area (Å²) in [6.45, 7) is 6.35. The molecule has 0 aliphatic carbocycles. The van der Waals surface area contributed by atoms with Crippen LogP contribution in [0.3, 0.4) is 0 Å². The Labute approximate surface area is 171 Å². The number of piperazine rings is 1. The average molecular weight is 418 g/mol. The Kier molecular flexibility index (Phi) is 8.83. The SMILES string of the molecule is COc1ccccc1C1CNCCN1C(=O)c1csc(C(C)C)n1.Cl.Cl. The van der Waals surface area contributed by atoms with Crippen LogP contribution in [0.4, 0.5) is 0 Å². The molecule has 1 aromatic heterocycles. The topological polar surface area (TPSA) is 54.5 Å². The van der Waals surface area contributed by atoms with Gasteiger partial charge in [0.1, 0.15) is 11.4 Å². The summed E-state index contributed by atoms with van der Waals surface area (Å²) in [4.78, 5) is 19.5. The summed E-state index contributed by atoms with van der Waals surface area (Å²) in [6, 6.07) is 7.84. The van der Waals surface area contributed by atoms with Crippen molar-refractivity contribution in [2.45, 2.75) is 25.8 Å². The quantitative estimate of drug-likeness (QED) is 0.818. The molecule has 0 saturated carbocycles. The molecule has 144 valence electrons. The maximum absolute atomic E-state index is 13.0. The minimum Gasteiger partial charge on any atom is -0.496 e. The van der Waals surface area contributed by atoms with Crippen molar-refractivity contribution in [2.24, 2.45) is 0 Å². The van der Waals surface area contributed by atoms with Crippen LogP contribution in [0.2, 0.25) is 0 Å². The molecular weight excluding hydrogens is 393 g/mol. The molecule has 1 aliphatic heterocycles. The van der Waals surface area contributed by atoms with Gasteiger partial charge in [0.2, 0.25) is 0 Å². The molecule has 1 atom stereocenters. The first-order chi connectivity index (χ1) is 11.6. The fraction of sp³-hybridized carbons (Fsp3) is 0.444. The van der Waals surface area contributed by atoms with E-state index in [4.69, 9.17) is 4.74 Å². The van der Waals surface area contributed by atoms with Gasteiger partial charge in [-0.25, -0.2) is 4.98 Å². The Balaban J connectivity index is 0.00000169. The third-order valence-corrected chi connectivity index (χ3v) is 5.38. The Morgan fingerprint density at radius 1 is 1.35 bits per heavy atom. The summed E-state index contributed by atoms with van der Waals surface area (Å²) in [5, 5.41) is 6.25. The van der Waals surface area contributed by atoms with Crippen LogP contribution in [0.15, 0.2) is 29.6 Å². The van der Waals surface area contributed by atoms with E-state index in [1.807, 2.05) is 34.5 Å². The van der Waals surface area contributed by atoms with Gasteiger partial charge in [-0.2, -0.15) is 0 Å². The summed E-state index contributed by atoms with van der Waals surface area (Å²) >= 11 is 1.56. The Morgan fingerprint density at radius 2 is 2.08 bits per heavy atom. The minimum absolute atomic E-state index is 0. The summed E-state index contributed by atoms with van der Waals surface area (Å²) in [5.41, 5.74) is 1.57. The molecule has 1 unspecified atom stereocenters. The molecule has 0 radical (unpaired) electrons. The molecule has 2 heterocycles. The number of carbonyl (C=O) groups is 1. The molecule has 1 aliphatic rings. The summed E-state index contributed by atoms with van der Waals surface area (Å²) in [6.07, 6.45) is 0. The highest BCUT2D eigenvalue weighted by Gasteiger charge is 2.31. The number of para-hydroxylation sites is 1. The lowest BCUT2D eigenvalue weighted by atomic mass is 10.0. The zero-order valence-electron chi connectivity index (χ0n) is 15.1. The zero-order valence-corrected chi connectivity index (χ0v) is 17.5. The Bertz CT molecular complexity index is 724. The lowest BCUT2D eigenvalue weighted by Crippen LogP contribution is -2.48. The smallest absolute Gasteiger partial charge is 0.273 e. The van der Waals surface area contributed by atoms with Gasteiger partial charge in [-0.3, -0.25) is 4.79 Å². The van der Waals surface area contributed by atoms with E-state index in [9.17, 15) is 4.79 Å². The van der Waals surface area contributed by atoms with Gasteiger partial charge >= 0.3 is 0 Å². The highest BCUT2D eigenvalue weighted by molar-refractivity contribution is 7.09. The van der Waals surface area contributed by atoms with E-state index in [2.05, 4.69) is 24.1 Å². The van der Waals surface area contributed by atoms with E-state index in [0.717, 1.165) is 22.9 Å². The van der Waals surface area contributed by atoms with Crippen LogP contribution in [-0.4, -0.2) is 42.5 Å². The van der Waals surface area contributed by atoms with Crippen molar-refractivity contribution in [3.05, 3.63) is 45.9 Å². The minimum atomic E-state index is -0.0494. The van der Waals surface area contributed by atoms with Crippen molar-refractivity contribution in [1.29, 1.82) is 0 Å². The number of amides is 1. The van der Waals surface area contributed by atoms with Crippen LogP contribution in [0.25, 0.3) is 0 Å². The second-order valence-electron chi connectivity index (χ2n) is 6.19. The molecule has 1 fully saturated rings. The molecule has 0 spiro atoms. The van der Waals surface area contributed by atoms with Crippen LogP contribution < -0.4 is 10.1 Å². The first-order valence-corrected chi connectivity index (χ1v) is 9.09. The molecule has 1 N–H and O–H groups in total. The van der Waals surface area contributed by atoms with Crippen LogP contribution in [-0.2, 0) is 0 Å². The molecular formula is C18H25Cl2N3O2S. The third-order valence-electron chi connectivity index (χ3n) is 4.24. The molecule has 1 aromatic carbocycles. The Morgan fingerprint density at radius 3 is 2.73 bits per heavy atom. The first kappa shape index (κ1) is 22.7. The zero-order chi connectivity index (χ0) is 17.1. The van der Waals surface area contributed by atoms with Crippen molar-refractivity contribution in [3.63, 3.8) is 0 Å². The van der Waals surface area contributed by atoms with Crippen molar-refractivity contribution >= 4 is 42.1 Å². The number of rotatable bonds is 4. The summed E-state index contributed by atoms with van der Waals surface area (Å²) in [5.74, 6) is 1.14. The summed E-state index contributed by atoms with van der Waals surface area (Å²) in [7, 11) is 1.66. The average Bonchev–Trinajstić information content (AvgIpc) is 3.11. The van der Waals surface area contributed by atoms with Gasteiger partial charge < -0.3 is 15.0 Å². The maximum Gasteiger partial charge on any atom is 0.273 e. The number of methoxy groups -OCH3 is 1. The lowest BCUT2D eigenvalue weighted by Gasteiger charge is -2.36. The molecule has 26 heavy (non-hydrogen) atoms. The Hall–Kier alpha value is -1.34. The number of nitrogens with zero attached hydrogens (tertiary/aromatic N) is 2. The summed E-state index contributed by atoms with van der Waals surface area (Å²) < 4.78 is 5.49. The normalized spacial score (nSPS) is 16.6. The van der Waals surface area contributed by atoms with Gasteiger partial charge in [-0.15, -0.1) is 36.2 Å². The van der Waals surface area contributed by atoms with Crippen LogP contribution in [0, 0.1) is 0 Å². The van der Waals surface area contributed by atoms with Crippen LogP contribution >= 0.6 is 36.2 Å². The van der Waals surface area contributed by atoms with E-state index in [0.29, 0.717) is 24.7 Å². The van der Waals surface area contributed by atoms with Crippen molar-refractivity contribution in [3.8, 4) is 5.75 Å². The molecule has 5 nitrogen and oxygen atoms in total. The number of aromatic nitrogens is 1. The number of hydrogen-bond donors (Lipinski definition) is 1. The van der Waals surface area contributed by atoms with Gasteiger partial charge in [0.05, 0.1) is 18.2 Å². The van der Waals surface area contributed by atoms with Crippen molar-refractivity contribution in [1.82, 2.24) is 15.2 Å². The van der Waals surface area contributed by atoms with Gasteiger partial charge in [0.15, 0.2) is 0 Å². The van der Waals surface area contributed by atoms with E-state index in [-0.39, 0.29) is 36.8 Å². The van der Waals surface area contributed by atoms with Gasteiger partial charge in [-0.1, -0.05) is 32.0 Å². The highest BCUT2D eigenvalue weighted by atomic mass is 35.5. The third kappa shape index (κ3) is 4.68.